The van der Waals surface area contributed by atoms with Crippen LogP contribution in [0.2, 0.25) is 0 Å². The van der Waals surface area contributed by atoms with E-state index in [-0.39, 0.29) is 54.8 Å². The zero-order valence-corrected chi connectivity index (χ0v) is 24.7. The average molecular weight is 655 g/mol. The molecule has 6 nitrogen and oxygen atoms in total. The van der Waals surface area contributed by atoms with Crippen molar-refractivity contribution in [2.45, 2.75) is 24.7 Å². The third kappa shape index (κ3) is 9.38. The van der Waals surface area contributed by atoms with Crippen molar-refractivity contribution >= 4 is 10.1 Å². The van der Waals surface area contributed by atoms with Crippen LogP contribution in [0.4, 0.5) is 26.3 Å². The van der Waals surface area contributed by atoms with Gasteiger partial charge in [0.15, 0.2) is 34.9 Å². The van der Waals surface area contributed by atoms with Gasteiger partial charge in [-0.25, -0.2) is 26.3 Å². The van der Waals surface area contributed by atoms with Crippen LogP contribution in [0.25, 0.3) is 0 Å². The van der Waals surface area contributed by atoms with Crippen LogP contribution >= 0.6 is 0 Å². The van der Waals surface area contributed by atoms with Crippen LogP contribution in [0, 0.1) is 47.2 Å². The number of rotatable bonds is 15. The number of ether oxygens (including phenoxy) is 3. The van der Waals surface area contributed by atoms with Crippen molar-refractivity contribution in [1.82, 2.24) is 0 Å². The second-order valence-electron chi connectivity index (χ2n) is 10.2. The Morgan fingerprint density at radius 2 is 0.978 bits per heavy atom. The zero-order valence-electron chi connectivity index (χ0n) is 23.9. The standard InChI is InChI=1S/C32H28F6O6S/c1-21-2-7-25(8-3-21)45(39,40)44-20-32(19-43-24-6-11-28(35)31(38)18-24,12-14-41-22-4-9-26(33)29(36)16-22)13-15-42-23-5-10-27(34)30(37)17-23/h2-11,16-18H,12-15,19-20H2,1H3. The van der Waals surface area contributed by atoms with Crippen molar-refractivity contribution in [3.8, 4) is 17.2 Å². The summed E-state index contributed by atoms with van der Waals surface area (Å²) < 4.78 is 130. The van der Waals surface area contributed by atoms with Crippen LogP contribution in [-0.2, 0) is 14.3 Å². The van der Waals surface area contributed by atoms with E-state index in [0.29, 0.717) is 0 Å². The lowest BCUT2D eigenvalue weighted by atomic mass is 9.83. The van der Waals surface area contributed by atoms with Crippen LogP contribution in [0.5, 0.6) is 17.2 Å². The van der Waals surface area contributed by atoms with Crippen molar-refractivity contribution in [2.75, 3.05) is 26.4 Å². The van der Waals surface area contributed by atoms with Gasteiger partial charge in [0.05, 0.1) is 31.3 Å². The second-order valence-corrected chi connectivity index (χ2v) is 11.9. The van der Waals surface area contributed by atoms with Gasteiger partial charge in [0.25, 0.3) is 10.1 Å². The monoisotopic (exact) mass is 654 g/mol. The highest BCUT2D eigenvalue weighted by atomic mass is 32.2. The van der Waals surface area contributed by atoms with Crippen LogP contribution in [0.3, 0.4) is 0 Å². The maximum absolute atomic E-state index is 13.9. The summed E-state index contributed by atoms with van der Waals surface area (Å²) in [6, 6.07) is 14.5. The first-order chi connectivity index (χ1) is 21.4. The minimum atomic E-state index is -4.31. The van der Waals surface area contributed by atoms with E-state index in [9.17, 15) is 34.8 Å². The molecule has 0 saturated carbocycles. The molecule has 0 N–H and O–H groups in total. The van der Waals surface area contributed by atoms with Crippen molar-refractivity contribution in [2.24, 2.45) is 5.41 Å². The summed E-state index contributed by atoms with van der Waals surface area (Å²) in [7, 11) is -4.31. The maximum atomic E-state index is 13.9. The molecule has 0 aliphatic heterocycles. The smallest absolute Gasteiger partial charge is 0.296 e. The summed E-state index contributed by atoms with van der Waals surface area (Å²) in [6.45, 7) is 0.521. The minimum Gasteiger partial charge on any atom is -0.493 e. The fraction of sp³-hybridized carbons (Fsp3) is 0.250. The van der Waals surface area contributed by atoms with Gasteiger partial charge in [-0.1, -0.05) is 17.7 Å². The van der Waals surface area contributed by atoms with E-state index in [4.69, 9.17) is 18.4 Å². The first-order valence-electron chi connectivity index (χ1n) is 13.6. The molecule has 0 aromatic heterocycles. The minimum absolute atomic E-state index is 0.0180. The molecular formula is C32H28F6O6S. The molecule has 0 amide bonds. The topological polar surface area (TPSA) is 71.1 Å². The number of benzene rings is 4. The Morgan fingerprint density at radius 1 is 0.556 bits per heavy atom. The van der Waals surface area contributed by atoms with Gasteiger partial charge in [0.2, 0.25) is 0 Å². The molecule has 0 aliphatic rings. The maximum Gasteiger partial charge on any atom is 0.296 e. The van der Waals surface area contributed by atoms with E-state index in [2.05, 4.69) is 0 Å². The molecule has 0 bridgehead atoms. The van der Waals surface area contributed by atoms with Crippen molar-refractivity contribution < 1.29 is 53.2 Å². The quantitative estimate of drug-likeness (QED) is 0.0975. The molecule has 0 atom stereocenters. The summed E-state index contributed by atoms with van der Waals surface area (Å²) in [4.78, 5) is -0.125. The summed E-state index contributed by atoms with van der Waals surface area (Å²) in [5, 5.41) is 0. The molecule has 0 saturated heterocycles. The Kier molecular flexibility index (Phi) is 11.0. The first kappa shape index (κ1) is 33.7. The third-order valence-corrected chi connectivity index (χ3v) is 8.13. The van der Waals surface area contributed by atoms with Gasteiger partial charge in [-0.15, -0.1) is 0 Å². The van der Waals surface area contributed by atoms with Crippen molar-refractivity contribution in [3.63, 3.8) is 0 Å². The molecule has 0 aliphatic carbocycles. The van der Waals surface area contributed by atoms with E-state index < -0.39 is 57.0 Å². The highest BCUT2D eigenvalue weighted by molar-refractivity contribution is 7.86. The Hall–Kier alpha value is -4.23. The van der Waals surface area contributed by atoms with Crippen LogP contribution in [0.15, 0.2) is 83.8 Å². The molecular weight excluding hydrogens is 626 g/mol. The second kappa shape index (κ2) is 14.7. The summed E-state index contributed by atoms with van der Waals surface area (Å²) >= 11 is 0. The SMILES string of the molecule is Cc1ccc(S(=O)(=O)OCC(CCOc2ccc(F)c(F)c2)(CCOc2ccc(F)c(F)c2)COc2ccc(F)c(F)c2)cc1. The lowest BCUT2D eigenvalue weighted by molar-refractivity contribution is 0.0390. The number of hydrogen-bond acceptors (Lipinski definition) is 6. The molecule has 0 fully saturated rings. The fourth-order valence-electron chi connectivity index (χ4n) is 4.14. The highest BCUT2D eigenvalue weighted by Crippen LogP contribution is 2.32. The van der Waals surface area contributed by atoms with E-state index >= 15 is 0 Å². The Bertz CT molecular complexity index is 1660. The Morgan fingerprint density at radius 3 is 1.40 bits per heavy atom. The van der Waals surface area contributed by atoms with E-state index in [1.54, 1.807) is 19.1 Å². The molecule has 13 heteroatoms. The molecule has 4 rings (SSSR count). The summed E-state index contributed by atoms with van der Waals surface area (Å²) in [6.07, 6.45) is -0.0829. The van der Waals surface area contributed by atoms with Gasteiger partial charge in [0, 0.05) is 23.6 Å². The van der Waals surface area contributed by atoms with Crippen LogP contribution in [-0.4, -0.2) is 34.8 Å². The predicted molar refractivity (Wildman–Crippen MR) is 152 cm³/mol. The zero-order chi connectivity index (χ0) is 32.6. The Balaban J connectivity index is 1.61. The lowest BCUT2D eigenvalue weighted by Crippen LogP contribution is -2.38. The molecule has 0 unspecified atom stereocenters. The molecule has 4 aromatic carbocycles. The molecule has 240 valence electrons. The highest BCUT2D eigenvalue weighted by Gasteiger charge is 2.35. The number of hydrogen-bond donors (Lipinski definition) is 0. The van der Waals surface area contributed by atoms with Gasteiger partial charge in [-0.2, -0.15) is 8.42 Å². The van der Waals surface area contributed by atoms with Crippen LogP contribution < -0.4 is 14.2 Å². The molecule has 4 aromatic rings. The van der Waals surface area contributed by atoms with Gasteiger partial charge in [-0.3, -0.25) is 4.18 Å². The van der Waals surface area contributed by atoms with Gasteiger partial charge in [0.1, 0.15) is 17.2 Å². The Labute approximate surface area is 256 Å². The predicted octanol–water partition coefficient (Wildman–Crippen LogP) is 7.54. The lowest BCUT2D eigenvalue weighted by Gasteiger charge is -2.33. The van der Waals surface area contributed by atoms with E-state index in [1.807, 2.05) is 0 Å². The van der Waals surface area contributed by atoms with Gasteiger partial charge in [-0.05, 0) is 68.3 Å². The third-order valence-electron chi connectivity index (χ3n) is 6.85. The molecule has 45 heavy (non-hydrogen) atoms. The number of aryl methyl sites for hydroxylation is 1. The van der Waals surface area contributed by atoms with Crippen molar-refractivity contribution in [1.29, 1.82) is 0 Å². The van der Waals surface area contributed by atoms with E-state index in [1.165, 1.54) is 30.3 Å². The molecule has 0 heterocycles. The van der Waals surface area contributed by atoms with Crippen LogP contribution in [0.1, 0.15) is 18.4 Å². The average Bonchev–Trinajstić information content (AvgIpc) is 3.00. The molecule has 0 spiro atoms. The van der Waals surface area contributed by atoms with Gasteiger partial charge < -0.3 is 14.2 Å². The first-order valence-corrected chi connectivity index (χ1v) is 15.0. The number of halogens is 6. The fourth-order valence-corrected chi connectivity index (χ4v) is 5.15. The van der Waals surface area contributed by atoms with E-state index in [0.717, 1.165) is 42.0 Å². The summed E-state index contributed by atoms with van der Waals surface area (Å²) in [5.74, 6) is -6.86. The summed E-state index contributed by atoms with van der Waals surface area (Å²) in [5.41, 5.74) is -0.494. The van der Waals surface area contributed by atoms with Gasteiger partial charge >= 0.3 is 0 Å². The molecule has 0 radical (unpaired) electrons. The largest absolute Gasteiger partial charge is 0.493 e. The normalized spacial score (nSPS) is 11.8. The van der Waals surface area contributed by atoms with Crippen molar-refractivity contribution in [3.05, 3.63) is 119 Å².